The summed E-state index contributed by atoms with van der Waals surface area (Å²) in [5.74, 6) is 1.36. The molecule has 3 heterocycles. The summed E-state index contributed by atoms with van der Waals surface area (Å²) in [6.45, 7) is 7.32. The van der Waals surface area contributed by atoms with Crippen LogP contribution in [0.5, 0.6) is 0 Å². The summed E-state index contributed by atoms with van der Waals surface area (Å²) < 4.78 is 0. The minimum absolute atomic E-state index is 0.545. The van der Waals surface area contributed by atoms with Gasteiger partial charge in [-0.1, -0.05) is 56.3 Å². The summed E-state index contributed by atoms with van der Waals surface area (Å²) in [5.41, 5.74) is 7.48. The van der Waals surface area contributed by atoms with E-state index in [4.69, 9.17) is 4.98 Å². The number of fused-ring (bicyclic) bond motifs is 2. The van der Waals surface area contributed by atoms with Crippen LogP contribution in [0, 0.1) is 0 Å². The summed E-state index contributed by atoms with van der Waals surface area (Å²) >= 11 is 0. The number of aromatic nitrogens is 3. The zero-order chi connectivity index (χ0) is 19.8. The van der Waals surface area contributed by atoms with Gasteiger partial charge in [-0.15, -0.1) is 0 Å². The molecule has 4 nitrogen and oxygen atoms in total. The SMILES string of the molecule is CC(C)c1ccc2c(CN3CCc4cnc(-c5ccccc5)nc4C3)c[nH]c2c1. The fourth-order valence-electron chi connectivity index (χ4n) is 4.15. The highest BCUT2D eigenvalue weighted by molar-refractivity contribution is 5.83. The van der Waals surface area contributed by atoms with Crippen molar-refractivity contribution in [3.8, 4) is 11.4 Å². The van der Waals surface area contributed by atoms with E-state index in [9.17, 15) is 0 Å². The Morgan fingerprint density at radius 1 is 1.10 bits per heavy atom. The molecular weight excluding hydrogens is 356 g/mol. The van der Waals surface area contributed by atoms with Crippen LogP contribution < -0.4 is 0 Å². The number of hydrogen-bond donors (Lipinski definition) is 1. The summed E-state index contributed by atoms with van der Waals surface area (Å²) in [7, 11) is 0. The Balaban J connectivity index is 1.38. The van der Waals surface area contributed by atoms with E-state index in [0.717, 1.165) is 43.1 Å². The molecule has 0 bridgehead atoms. The van der Waals surface area contributed by atoms with Crippen LogP contribution in [0.4, 0.5) is 0 Å². The molecule has 0 spiro atoms. The van der Waals surface area contributed by atoms with E-state index < -0.39 is 0 Å². The lowest BCUT2D eigenvalue weighted by Gasteiger charge is -2.27. The Bertz CT molecular complexity index is 1140. The van der Waals surface area contributed by atoms with Crippen molar-refractivity contribution in [2.45, 2.75) is 39.3 Å². The normalized spacial score (nSPS) is 14.4. The van der Waals surface area contributed by atoms with E-state index >= 15 is 0 Å². The van der Waals surface area contributed by atoms with Crippen molar-refractivity contribution in [2.75, 3.05) is 6.54 Å². The second-order valence-corrected chi connectivity index (χ2v) is 8.27. The van der Waals surface area contributed by atoms with Crippen molar-refractivity contribution in [3.63, 3.8) is 0 Å². The van der Waals surface area contributed by atoms with Gasteiger partial charge in [0.25, 0.3) is 0 Å². The molecular formula is C25H26N4. The summed E-state index contributed by atoms with van der Waals surface area (Å²) in [6, 6.07) is 17.0. The fraction of sp³-hybridized carbons (Fsp3) is 0.280. The van der Waals surface area contributed by atoms with Crippen molar-refractivity contribution in [1.82, 2.24) is 19.9 Å². The van der Waals surface area contributed by atoms with E-state index in [2.05, 4.69) is 65.2 Å². The summed E-state index contributed by atoms with van der Waals surface area (Å²) in [4.78, 5) is 15.4. The van der Waals surface area contributed by atoms with Gasteiger partial charge in [-0.25, -0.2) is 9.97 Å². The lowest BCUT2D eigenvalue weighted by molar-refractivity contribution is 0.242. The van der Waals surface area contributed by atoms with Crippen molar-refractivity contribution in [3.05, 3.63) is 83.3 Å². The number of hydrogen-bond acceptors (Lipinski definition) is 3. The van der Waals surface area contributed by atoms with E-state index in [0.29, 0.717) is 5.92 Å². The Morgan fingerprint density at radius 2 is 1.97 bits per heavy atom. The smallest absolute Gasteiger partial charge is 0.159 e. The lowest BCUT2D eigenvalue weighted by atomic mass is 10.0. The summed E-state index contributed by atoms with van der Waals surface area (Å²) in [5, 5.41) is 1.33. The molecule has 29 heavy (non-hydrogen) atoms. The molecule has 2 aromatic heterocycles. The number of rotatable bonds is 4. The number of nitrogens with zero attached hydrogens (tertiary/aromatic N) is 3. The number of aromatic amines is 1. The highest BCUT2D eigenvalue weighted by Crippen LogP contribution is 2.27. The Hall–Kier alpha value is -2.98. The van der Waals surface area contributed by atoms with Crippen LogP contribution in [0.1, 0.15) is 42.1 Å². The van der Waals surface area contributed by atoms with Gasteiger partial charge >= 0.3 is 0 Å². The molecule has 2 aromatic carbocycles. The van der Waals surface area contributed by atoms with Crippen molar-refractivity contribution < 1.29 is 0 Å². The van der Waals surface area contributed by atoms with Gasteiger partial charge < -0.3 is 4.98 Å². The first kappa shape index (κ1) is 18.1. The van der Waals surface area contributed by atoms with Gasteiger partial charge in [0.2, 0.25) is 0 Å². The van der Waals surface area contributed by atoms with E-state index in [-0.39, 0.29) is 0 Å². The molecule has 0 saturated carbocycles. The highest BCUT2D eigenvalue weighted by Gasteiger charge is 2.20. The molecule has 5 rings (SSSR count). The predicted molar refractivity (Wildman–Crippen MR) is 118 cm³/mol. The zero-order valence-corrected chi connectivity index (χ0v) is 17.0. The standard InChI is InChI=1S/C25H26N4/c1-17(2)19-8-9-22-21(14-26-23(22)12-19)15-29-11-10-20-13-27-25(28-24(20)16-29)18-6-4-3-5-7-18/h3-9,12-14,17,26H,10-11,15-16H2,1-2H3. The first-order chi connectivity index (χ1) is 14.2. The minimum atomic E-state index is 0.545. The summed E-state index contributed by atoms with van der Waals surface area (Å²) in [6.07, 6.45) is 5.19. The Labute approximate surface area is 171 Å². The fourth-order valence-corrected chi connectivity index (χ4v) is 4.15. The molecule has 0 aliphatic carbocycles. The second kappa shape index (κ2) is 7.45. The maximum atomic E-state index is 4.90. The van der Waals surface area contributed by atoms with Crippen molar-refractivity contribution in [1.29, 1.82) is 0 Å². The van der Waals surface area contributed by atoms with Gasteiger partial charge in [0, 0.05) is 48.5 Å². The molecule has 4 aromatic rings. The topological polar surface area (TPSA) is 44.8 Å². The molecule has 0 saturated heterocycles. The van der Waals surface area contributed by atoms with Gasteiger partial charge in [-0.2, -0.15) is 0 Å². The molecule has 1 aliphatic heterocycles. The maximum Gasteiger partial charge on any atom is 0.159 e. The predicted octanol–water partition coefficient (Wildman–Crippen LogP) is 5.31. The number of benzene rings is 2. The quantitative estimate of drug-likeness (QED) is 0.520. The average molecular weight is 383 g/mol. The molecule has 4 heteroatoms. The zero-order valence-electron chi connectivity index (χ0n) is 17.0. The third-order valence-corrected chi connectivity index (χ3v) is 5.91. The van der Waals surface area contributed by atoms with Crippen LogP contribution in [-0.4, -0.2) is 26.4 Å². The third kappa shape index (κ3) is 3.56. The molecule has 1 N–H and O–H groups in total. The van der Waals surface area contributed by atoms with Crippen LogP contribution in [0.15, 0.2) is 60.9 Å². The van der Waals surface area contributed by atoms with Crippen LogP contribution in [-0.2, 0) is 19.5 Å². The molecule has 0 atom stereocenters. The van der Waals surface area contributed by atoms with E-state index in [1.54, 1.807) is 0 Å². The molecule has 0 amide bonds. The van der Waals surface area contributed by atoms with Crippen LogP contribution in [0.2, 0.25) is 0 Å². The van der Waals surface area contributed by atoms with Gasteiger partial charge in [0.1, 0.15) is 0 Å². The Kier molecular flexibility index (Phi) is 4.64. The van der Waals surface area contributed by atoms with E-state index in [1.807, 2.05) is 24.4 Å². The van der Waals surface area contributed by atoms with E-state index in [1.165, 1.54) is 27.6 Å². The monoisotopic (exact) mass is 382 g/mol. The van der Waals surface area contributed by atoms with Gasteiger partial charge in [-0.3, -0.25) is 4.90 Å². The molecule has 0 fully saturated rings. The number of H-pyrrole nitrogens is 1. The van der Waals surface area contributed by atoms with Crippen LogP contribution in [0.3, 0.4) is 0 Å². The van der Waals surface area contributed by atoms with Gasteiger partial charge in [0.15, 0.2) is 5.82 Å². The molecule has 146 valence electrons. The van der Waals surface area contributed by atoms with Crippen molar-refractivity contribution in [2.24, 2.45) is 0 Å². The maximum absolute atomic E-state index is 4.90. The van der Waals surface area contributed by atoms with Crippen LogP contribution in [0.25, 0.3) is 22.3 Å². The van der Waals surface area contributed by atoms with Gasteiger partial charge in [-0.05, 0) is 35.1 Å². The Morgan fingerprint density at radius 3 is 2.79 bits per heavy atom. The highest BCUT2D eigenvalue weighted by atomic mass is 15.1. The van der Waals surface area contributed by atoms with Crippen LogP contribution >= 0.6 is 0 Å². The first-order valence-corrected chi connectivity index (χ1v) is 10.4. The molecule has 1 aliphatic rings. The second-order valence-electron chi connectivity index (χ2n) is 8.27. The minimum Gasteiger partial charge on any atom is -0.361 e. The molecule has 0 unspecified atom stereocenters. The van der Waals surface area contributed by atoms with Gasteiger partial charge in [0.05, 0.1) is 5.69 Å². The third-order valence-electron chi connectivity index (χ3n) is 5.91. The largest absolute Gasteiger partial charge is 0.361 e. The lowest BCUT2D eigenvalue weighted by Crippen LogP contribution is -2.31. The number of nitrogens with one attached hydrogen (secondary N) is 1. The first-order valence-electron chi connectivity index (χ1n) is 10.4. The molecule has 0 radical (unpaired) electrons. The van der Waals surface area contributed by atoms with Crippen molar-refractivity contribution >= 4 is 10.9 Å². The average Bonchev–Trinajstić information content (AvgIpc) is 3.16.